The molecule has 1 rings (SSSR count). The van der Waals surface area contributed by atoms with Crippen molar-refractivity contribution in [1.29, 1.82) is 0 Å². The van der Waals surface area contributed by atoms with E-state index in [-0.39, 0.29) is 30.7 Å². The number of carboxylic acid groups (broad SMARTS) is 1. The number of rotatable bonds is 9. The SMILES string of the molecule is CC(C)C(C)(CC(=O)O)NC(=O)CNC(=O)CCC1CCCC1. The normalized spacial score (nSPS) is 17.7. The van der Waals surface area contributed by atoms with Crippen LogP contribution in [0.2, 0.25) is 0 Å². The van der Waals surface area contributed by atoms with Crippen LogP contribution in [0, 0.1) is 11.8 Å². The molecule has 1 aliphatic carbocycles. The van der Waals surface area contributed by atoms with Crippen LogP contribution in [0.15, 0.2) is 0 Å². The first-order valence-electron chi connectivity index (χ1n) is 8.52. The van der Waals surface area contributed by atoms with Gasteiger partial charge in [0.25, 0.3) is 0 Å². The molecule has 1 saturated carbocycles. The summed E-state index contributed by atoms with van der Waals surface area (Å²) < 4.78 is 0. The second-order valence-corrected chi connectivity index (χ2v) is 7.16. The molecule has 0 aromatic heterocycles. The quantitative estimate of drug-likeness (QED) is 0.604. The predicted molar refractivity (Wildman–Crippen MR) is 87.8 cm³/mol. The lowest BCUT2D eigenvalue weighted by atomic mass is 9.85. The summed E-state index contributed by atoms with van der Waals surface area (Å²) in [6.45, 7) is 5.34. The molecule has 0 aliphatic heterocycles. The van der Waals surface area contributed by atoms with Crippen LogP contribution in [0.25, 0.3) is 0 Å². The Kier molecular flexibility index (Phi) is 7.52. The van der Waals surface area contributed by atoms with Crippen LogP contribution in [0.1, 0.15) is 65.7 Å². The summed E-state index contributed by atoms with van der Waals surface area (Å²) in [5, 5.41) is 14.3. The standard InChI is InChI=1S/C17H30N2O4/c1-12(2)17(3,10-16(22)23)19-15(21)11-18-14(20)9-8-13-6-4-5-7-13/h12-13H,4-11H2,1-3H3,(H,18,20)(H,19,21)(H,22,23). The molecule has 2 amide bonds. The second-order valence-electron chi connectivity index (χ2n) is 7.16. The summed E-state index contributed by atoms with van der Waals surface area (Å²) in [5.41, 5.74) is -0.822. The van der Waals surface area contributed by atoms with Crippen molar-refractivity contribution in [2.45, 2.75) is 71.3 Å². The van der Waals surface area contributed by atoms with E-state index in [1.807, 2.05) is 13.8 Å². The molecule has 0 aromatic rings. The average molecular weight is 326 g/mol. The fourth-order valence-electron chi connectivity index (χ4n) is 2.97. The van der Waals surface area contributed by atoms with Gasteiger partial charge in [-0.15, -0.1) is 0 Å². The van der Waals surface area contributed by atoms with Gasteiger partial charge in [0.05, 0.1) is 18.5 Å². The Morgan fingerprint density at radius 2 is 1.78 bits per heavy atom. The van der Waals surface area contributed by atoms with Crippen molar-refractivity contribution in [1.82, 2.24) is 10.6 Å². The van der Waals surface area contributed by atoms with Gasteiger partial charge >= 0.3 is 5.97 Å². The van der Waals surface area contributed by atoms with Crippen LogP contribution < -0.4 is 10.6 Å². The maximum absolute atomic E-state index is 12.0. The van der Waals surface area contributed by atoms with Gasteiger partial charge in [0.1, 0.15) is 0 Å². The largest absolute Gasteiger partial charge is 0.481 e. The summed E-state index contributed by atoms with van der Waals surface area (Å²) in [5.74, 6) is -0.801. The molecule has 6 nitrogen and oxygen atoms in total. The lowest BCUT2D eigenvalue weighted by Gasteiger charge is -2.33. The van der Waals surface area contributed by atoms with Crippen LogP contribution in [0.4, 0.5) is 0 Å². The third-order valence-electron chi connectivity index (χ3n) is 4.92. The summed E-state index contributed by atoms with van der Waals surface area (Å²) in [7, 11) is 0. The number of carbonyl (C=O) groups is 3. The van der Waals surface area contributed by atoms with E-state index >= 15 is 0 Å². The highest BCUT2D eigenvalue weighted by atomic mass is 16.4. The van der Waals surface area contributed by atoms with Crippen molar-refractivity contribution in [3.63, 3.8) is 0 Å². The Morgan fingerprint density at radius 1 is 1.17 bits per heavy atom. The molecule has 0 saturated heterocycles. The molecule has 1 unspecified atom stereocenters. The lowest BCUT2D eigenvalue weighted by molar-refractivity contribution is -0.139. The van der Waals surface area contributed by atoms with Gasteiger partial charge in [0.2, 0.25) is 11.8 Å². The highest BCUT2D eigenvalue weighted by Crippen LogP contribution is 2.28. The van der Waals surface area contributed by atoms with Gasteiger partial charge in [-0.25, -0.2) is 0 Å². The molecule has 0 radical (unpaired) electrons. The molecule has 1 atom stereocenters. The summed E-state index contributed by atoms with van der Waals surface area (Å²) in [6.07, 6.45) is 6.11. The molecule has 0 bridgehead atoms. The van der Waals surface area contributed by atoms with Gasteiger partial charge in [-0.1, -0.05) is 39.5 Å². The minimum absolute atomic E-state index is 0.0272. The first kappa shape index (κ1) is 19.5. The smallest absolute Gasteiger partial charge is 0.305 e. The zero-order valence-corrected chi connectivity index (χ0v) is 14.5. The van der Waals surface area contributed by atoms with E-state index in [0.717, 1.165) is 6.42 Å². The van der Waals surface area contributed by atoms with Crippen molar-refractivity contribution in [3.8, 4) is 0 Å². The Bertz CT molecular complexity index is 430. The van der Waals surface area contributed by atoms with Gasteiger partial charge in [-0.05, 0) is 25.2 Å². The van der Waals surface area contributed by atoms with Crippen molar-refractivity contribution in [3.05, 3.63) is 0 Å². The number of carboxylic acids is 1. The van der Waals surface area contributed by atoms with Crippen molar-refractivity contribution < 1.29 is 19.5 Å². The minimum atomic E-state index is -0.956. The molecule has 132 valence electrons. The molecule has 23 heavy (non-hydrogen) atoms. The summed E-state index contributed by atoms with van der Waals surface area (Å²) in [4.78, 5) is 34.7. The number of nitrogens with one attached hydrogen (secondary N) is 2. The Morgan fingerprint density at radius 3 is 2.30 bits per heavy atom. The van der Waals surface area contributed by atoms with Crippen molar-refractivity contribution >= 4 is 17.8 Å². The van der Waals surface area contributed by atoms with Crippen molar-refractivity contribution in [2.75, 3.05) is 6.54 Å². The number of carbonyl (C=O) groups excluding carboxylic acids is 2. The molecule has 0 aromatic carbocycles. The third-order valence-corrected chi connectivity index (χ3v) is 4.92. The van der Waals surface area contributed by atoms with E-state index in [1.54, 1.807) is 6.92 Å². The molecule has 6 heteroatoms. The number of hydrogen-bond donors (Lipinski definition) is 3. The number of amides is 2. The molecule has 1 fully saturated rings. The van der Waals surface area contributed by atoms with Crippen LogP contribution in [-0.2, 0) is 14.4 Å². The van der Waals surface area contributed by atoms with E-state index in [4.69, 9.17) is 5.11 Å². The topological polar surface area (TPSA) is 95.5 Å². The minimum Gasteiger partial charge on any atom is -0.481 e. The van der Waals surface area contributed by atoms with Crippen LogP contribution in [-0.4, -0.2) is 35.0 Å². The first-order valence-corrected chi connectivity index (χ1v) is 8.52. The van der Waals surface area contributed by atoms with Gasteiger partial charge in [-0.2, -0.15) is 0 Å². The monoisotopic (exact) mass is 326 g/mol. The zero-order valence-electron chi connectivity index (χ0n) is 14.5. The van der Waals surface area contributed by atoms with Gasteiger partial charge in [0.15, 0.2) is 0 Å². The highest BCUT2D eigenvalue weighted by Gasteiger charge is 2.32. The van der Waals surface area contributed by atoms with Crippen LogP contribution >= 0.6 is 0 Å². The van der Waals surface area contributed by atoms with E-state index in [1.165, 1.54) is 25.7 Å². The van der Waals surface area contributed by atoms with E-state index in [9.17, 15) is 14.4 Å². The summed E-state index contributed by atoms with van der Waals surface area (Å²) >= 11 is 0. The Labute approximate surface area is 138 Å². The summed E-state index contributed by atoms with van der Waals surface area (Å²) in [6, 6.07) is 0. The Hall–Kier alpha value is -1.59. The van der Waals surface area contributed by atoms with Gasteiger partial charge < -0.3 is 15.7 Å². The fourth-order valence-corrected chi connectivity index (χ4v) is 2.97. The molecule has 0 heterocycles. The predicted octanol–water partition coefficient (Wildman–Crippen LogP) is 2.08. The molecule has 3 N–H and O–H groups in total. The maximum atomic E-state index is 12.0. The van der Waals surface area contributed by atoms with Crippen LogP contribution in [0.5, 0.6) is 0 Å². The van der Waals surface area contributed by atoms with E-state index < -0.39 is 11.5 Å². The zero-order chi connectivity index (χ0) is 17.5. The number of aliphatic carboxylic acids is 1. The maximum Gasteiger partial charge on any atom is 0.305 e. The van der Waals surface area contributed by atoms with E-state index in [2.05, 4.69) is 10.6 Å². The molecular weight excluding hydrogens is 296 g/mol. The molecular formula is C17H30N2O4. The van der Waals surface area contributed by atoms with Gasteiger partial charge in [-0.3, -0.25) is 14.4 Å². The average Bonchev–Trinajstić information content (AvgIpc) is 2.95. The number of hydrogen-bond acceptors (Lipinski definition) is 3. The first-order chi connectivity index (χ1) is 10.7. The third kappa shape index (κ3) is 7.01. The van der Waals surface area contributed by atoms with Crippen molar-refractivity contribution in [2.24, 2.45) is 11.8 Å². The van der Waals surface area contributed by atoms with Gasteiger partial charge in [0, 0.05) is 6.42 Å². The van der Waals surface area contributed by atoms with Crippen LogP contribution in [0.3, 0.4) is 0 Å². The highest BCUT2D eigenvalue weighted by molar-refractivity contribution is 5.85. The molecule has 1 aliphatic rings. The van der Waals surface area contributed by atoms with E-state index in [0.29, 0.717) is 12.3 Å². The molecule has 0 spiro atoms. The Balaban J connectivity index is 2.33. The lowest BCUT2D eigenvalue weighted by Crippen LogP contribution is -2.53. The fraction of sp³-hybridized carbons (Fsp3) is 0.824. The second kappa shape index (κ2) is 8.89.